The van der Waals surface area contributed by atoms with Gasteiger partial charge in [-0.15, -0.1) is 0 Å². The van der Waals surface area contributed by atoms with Gasteiger partial charge in [-0.25, -0.2) is 0 Å². The fourth-order valence-electron chi connectivity index (χ4n) is 1.70. The number of rotatable bonds is 4. The number of nitrogens with two attached hydrogens (primary N) is 1. The van der Waals surface area contributed by atoms with Crippen LogP contribution in [0.15, 0.2) is 54.6 Å². The van der Waals surface area contributed by atoms with E-state index in [1.165, 1.54) is 18.2 Å². The molecule has 0 bridgehead atoms. The lowest BCUT2D eigenvalue weighted by Crippen LogP contribution is -1.95. The quantitative estimate of drug-likeness (QED) is 0.303. The predicted molar refractivity (Wildman–Crippen MR) is 77.3 cm³/mol. The van der Waals surface area contributed by atoms with Gasteiger partial charge in [0.05, 0.1) is 10.5 Å². The molecule has 0 saturated heterocycles. The first-order valence-corrected chi connectivity index (χ1v) is 5.89. The Bertz CT molecular complexity index is 676. The molecule has 0 radical (unpaired) electrons. The average Bonchev–Trinajstić information content (AvgIpc) is 2.45. The van der Waals surface area contributed by atoms with Gasteiger partial charge in [0.15, 0.2) is 5.78 Å². The summed E-state index contributed by atoms with van der Waals surface area (Å²) < 4.78 is 0. The molecule has 0 aliphatic carbocycles. The Balaban J connectivity index is 2.23. The first-order valence-electron chi connectivity index (χ1n) is 5.89. The van der Waals surface area contributed by atoms with Crippen molar-refractivity contribution < 1.29 is 9.72 Å². The fraction of sp³-hybridized carbons (Fsp3) is 0. The molecule has 0 fully saturated rings. The van der Waals surface area contributed by atoms with E-state index in [0.29, 0.717) is 16.8 Å². The van der Waals surface area contributed by atoms with E-state index >= 15 is 0 Å². The molecule has 100 valence electrons. The lowest BCUT2D eigenvalue weighted by atomic mass is 10.1. The number of para-hydroxylation sites is 1. The standard InChI is InChI=1S/C15H12N2O3/c16-13-8-5-12(6-9-13)15(18)10-7-11-3-1-2-4-14(11)17(19)20/h1-10H,16H2/b10-7+. The van der Waals surface area contributed by atoms with Gasteiger partial charge in [-0.05, 0) is 42.5 Å². The van der Waals surface area contributed by atoms with Gasteiger partial charge in [0, 0.05) is 17.3 Å². The van der Waals surface area contributed by atoms with Crippen LogP contribution in [0.4, 0.5) is 11.4 Å². The summed E-state index contributed by atoms with van der Waals surface area (Å²) in [7, 11) is 0. The highest BCUT2D eigenvalue weighted by Gasteiger charge is 2.10. The molecule has 2 aromatic rings. The van der Waals surface area contributed by atoms with Crippen molar-refractivity contribution >= 4 is 23.2 Å². The monoisotopic (exact) mass is 268 g/mol. The molecular weight excluding hydrogens is 256 g/mol. The number of hydrogen-bond acceptors (Lipinski definition) is 4. The van der Waals surface area contributed by atoms with Gasteiger partial charge >= 0.3 is 0 Å². The molecule has 0 spiro atoms. The van der Waals surface area contributed by atoms with Crippen LogP contribution >= 0.6 is 0 Å². The van der Waals surface area contributed by atoms with Crippen molar-refractivity contribution in [1.82, 2.24) is 0 Å². The topological polar surface area (TPSA) is 86.2 Å². The molecule has 0 aliphatic rings. The highest BCUT2D eigenvalue weighted by Crippen LogP contribution is 2.19. The lowest BCUT2D eigenvalue weighted by molar-refractivity contribution is -0.385. The van der Waals surface area contributed by atoms with Gasteiger partial charge in [-0.2, -0.15) is 0 Å². The number of allylic oxidation sites excluding steroid dienone is 1. The first kappa shape index (κ1) is 13.5. The summed E-state index contributed by atoms with van der Waals surface area (Å²) in [6.45, 7) is 0. The summed E-state index contributed by atoms with van der Waals surface area (Å²) in [4.78, 5) is 22.3. The molecule has 0 unspecified atom stereocenters. The second kappa shape index (κ2) is 5.79. The summed E-state index contributed by atoms with van der Waals surface area (Å²) in [6.07, 6.45) is 2.75. The van der Waals surface area contributed by atoms with Crippen LogP contribution in [0.2, 0.25) is 0 Å². The molecular formula is C15H12N2O3. The lowest BCUT2D eigenvalue weighted by Gasteiger charge is -1.98. The average molecular weight is 268 g/mol. The highest BCUT2D eigenvalue weighted by molar-refractivity contribution is 6.07. The van der Waals surface area contributed by atoms with E-state index in [1.54, 1.807) is 42.5 Å². The number of hydrogen-bond donors (Lipinski definition) is 1. The van der Waals surface area contributed by atoms with Gasteiger partial charge in [0.2, 0.25) is 0 Å². The van der Waals surface area contributed by atoms with E-state index in [4.69, 9.17) is 5.73 Å². The SMILES string of the molecule is Nc1ccc(C(=O)/C=C/c2ccccc2[N+](=O)[O-])cc1. The molecule has 20 heavy (non-hydrogen) atoms. The van der Waals surface area contributed by atoms with Crippen molar-refractivity contribution in [3.8, 4) is 0 Å². The normalized spacial score (nSPS) is 10.6. The van der Waals surface area contributed by atoms with Crippen molar-refractivity contribution in [3.05, 3.63) is 75.8 Å². The van der Waals surface area contributed by atoms with Crippen molar-refractivity contribution in [2.75, 3.05) is 5.73 Å². The first-order chi connectivity index (χ1) is 9.58. The zero-order valence-electron chi connectivity index (χ0n) is 10.5. The highest BCUT2D eigenvalue weighted by atomic mass is 16.6. The van der Waals surface area contributed by atoms with E-state index in [2.05, 4.69) is 0 Å². The maximum absolute atomic E-state index is 11.9. The summed E-state index contributed by atoms with van der Waals surface area (Å²) >= 11 is 0. The zero-order valence-corrected chi connectivity index (χ0v) is 10.5. The number of nitrogen functional groups attached to an aromatic ring is 1. The Hall–Kier alpha value is -2.95. The van der Waals surface area contributed by atoms with E-state index in [9.17, 15) is 14.9 Å². The molecule has 2 N–H and O–H groups in total. The number of ketones is 1. The Labute approximate surface area is 115 Å². The maximum atomic E-state index is 11.9. The zero-order chi connectivity index (χ0) is 14.5. The van der Waals surface area contributed by atoms with E-state index in [1.807, 2.05) is 0 Å². The Morgan fingerprint density at radius 3 is 2.40 bits per heavy atom. The number of benzene rings is 2. The van der Waals surface area contributed by atoms with Crippen LogP contribution in [0.5, 0.6) is 0 Å². The van der Waals surface area contributed by atoms with Gasteiger partial charge in [-0.3, -0.25) is 14.9 Å². The maximum Gasteiger partial charge on any atom is 0.276 e. The molecule has 0 amide bonds. The number of nitrogens with zero attached hydrogens (tertiary/aromatic N) is 1. The van der Waals surface area contributed by atoms with Crippen LogP contribution < -0.4 is 5.73 Å². The van der Waals surface area contributed by atoms with Crippen LogP contribution in [0.3, 0.4) is 0 Å². The molecule has 0 saturated carbocycles. The van der Waals surface area contributed by atoms with Crippen molar-refractivity contribution in [3.63, 3.8) is 0 Å². The Morgan fingerprint density at radius 2 is 1.75 bits per heavy atom. The molecule has 5 heteroatoms. The number of carbonyl (C=O) groups excluding carboxylic acids is 1. The second-order valence-corrected chi connectivity index (χ2v) is 4.14. The largest absolute Gasteiger partial charge is 0.399 e. The van der Waals surface area contributed by atoms with Crippen molar-refractivity contribution in [2.24, 2.45) is 0 Å². The van der Waals surface area contributed by atoms with Gasteiger partial charge in [-0.1, -0.05) is 12.1 Å². The van der Waals surface area contributed by atoms with Crippen LogP contribution in [0.25, 0.3) is 6.08 Å². The minimum atomic E-state index is -0.479. The number of nitro benzene ring substituents is 1. The summed E-state index contributed by atoms with van der Waals surface area (Å²) in [5, 5.41) is 10.8. The molecule has 2 aromatic carbocycles. The number of carbonyl (C=O) groups is 1. The summed E-state index contributed by atoms with van der Waals surface area (Å²) in [6, 6.07) is 12.7. The van der Waals surface area contributed by atoms with E-state index < -0.39 is 4.92 Å². The molecule has 0 atom stereocenters. The molecule has 5 nitrogen and oxygen atoms in total. The summed E-state index contributed by atoms with van der Waals surface area (Å²) in [5.74, 6) is -0.233. The van der Waals surface area contributed by atoms with Crippen LogP contribution in [0, 0.1) is 10.1 Å². The van der Waals surface area contributed by atoms with Gasteiger partial charge in [0.25, 0.3) is 5.69 Å². The van der Waals surface area contributed by atoms with Crippen molar-refractivity contribution in [2.45, 2.75) is 0 Å². The van der Waals surface area contributed by atoms with Gasteiger partial charge in [0.1, 0.15) is 0 Å². The summed E-state index contributed by atoms with van der Waals surface area (Å²) in [5.41, 5.74) is 6.95. The molecule has 0 aliphatic heterocycles. The minimum Gasteiger partial charge on any atom is -0.399 e. The predicted octanol–water partition coefficient (Wildman–Crippen LogP) is 3.07. The van der Waals surface area contributed by atoms with Crippen LogP contribution in [-0.2, 0) is 0 Å². The van der Waals surface area contributed by atoms with E-state index in [-0.39, 0.29) is 11.5 Å². The third-order valence-corrected chi connectivity index (χ3v) is 2.74. The fourth-order valence-corrected chi connectivity index (χ4v) is 1.70. The Kier molecular flexibility index (Phi) is 3.91. The third kappa shape index (κ3) is 3.08. The number of anilines is 1. The van der Waals surface area contributed by atoms with Crippen molar-refractivity contribution in [1.29, 1.82) is 0 Å². The smallest absolute Gasteiger partial charge is 0.276 e. The minimum absolute atomic E-state index is 0.0335. The molecule has 2 rings (SSSR count). The second-order valence-electron chi connectivity index (χ2n) is 4.14. The molecule has 0 heterocycles. The van der Waals surface area contributed by atoms with Gasteiger partial charge < -0.3 is 5.73 Å². The van der Waals surface area contributed by atoms with Crippen LogP contribution in [0.1, 0.15) is 15.9 Å². The Morgan fingerprint density at radius 1 is 1.10 bits per heavy atom. The third-order valence-electron chi connectivity index (χ3n) is 2.74. The van der Waals surface area contributed by atoms with Crippen LogP contribution in [-0.4, -0.2) is 10.7 Å². The number of nitro groups is 1. The van der Waals surface area contributed by atoms with E-state index in [0.717, 1.165) is 0 Å². The molecule has 0 aromatic heterocycles.